The van der Waals surface area contributed by atoms with Crippen molar-refractivity contribution in [3.05, 3.63) is 88.8 Å². The van der Waals surface area contributed by atoms with E-state index in [4.69, 9.17) is 27.4 Å². The summed E-state index contributed by atoms with van der Waals surface area (Å²) in [6.45, 7) is 4.10. The SMILES string of the molecule is C1CC1.CNc1cc(N2CCc3c(-c4cc(N5CCC6(CCN(C(=O)c7ccc(Cl)c(N8CCC(=O)NC8=O)c7)CC6)CC5)ccn4)cccc32)nn2c(C(N)=O)cnc12. The number of imidazole rings is 1. The maximum atomic E-state index is 13.7. The number of carbonyl (C=O) groups excluding carboxylic acids is 4. The number of fused-ring (bicyclic) bond motifs is 2. The predicted molar refractivity (Wildman–Crippen MR) is 231 cm³/mol. The molecular formula is C44H48ClN11O4. The molecule has 3 aromatic heterocycles. The lowest BCUT2D eigenvalue weighted by molar-refractivity contribution is -0.120. The monoisotopic (exact) mass is 829 g/mol. The fourth-order valence-corrected chi connectivity index (χ4v) is 9.09. The summed E-state index contributed by atoms with van der Waals surface area (Å²) < 4.78 is 1.50. The number of rotatable bonds is 7. The topological polar surface area (TPSA) is 174 Å². The van der Waals surface area contributed by atoms with Gasteiger partial charge in [0.25, 0.3) is 11.8 Å². The Morgan fingerprint density at radius 2 is 1.60 bits per heavy atom. The summed E-state index contributed by atoms with van der Waals surface area (Å²) in [4.78, 5) is 67.0. The third-order valence-corrected chi connectivity index (χ3v) is 12.8. The van der Waals surface area contributed by atoms with E-state index in [0.717, 1.165) is 73.5 Å². The standard InChI is InChI=1S/C41H42ClN11O4.C3H6/c1-44-31-23-35(48-53-34(37(43)55)24-46-38(31)53)51-15-8-28-27(3-2-4-32(28)51)30-22-26(7-14-45-30)49-17-10-41(11-18-49)12-19-50(20-13-41)39(56)25-5-6-29(42)33(21-25)52-16-9-36(54)47-40(52)57;1-2-3-1/h2-7,14,21-24,44H,8-13,15-20H2,1H3,(H2,43,55)(H,47,54,57);1-3H2. The first-order chi connectivity index (χ1) is 29.1. The zero-order valence-corrected chi connectivity index (χ0v) is 34.4. The van der Waals surface area contributed by atoms with Gasteiger partial charge in [-0.3, -0.25) is 29.6 Å². The van der Waals surface area contributed by atoms with Crippen LogP contribution in [0.4, 0.5) is 33.4 Å². The molecule has 0 unspecified atom stereocenters. The Labute approximate surface area is 352 Å². The number of likely N-dealkylation sites (tertiary alicyclic amines) is 1. The predicted octanol–water partition coefficient (Wildman–Crippen LogP) is 6.42. The molecule has 4 aliphatic heterocycles. The van der Waals surface area contributed by atoms with Crippen LogP contribution in [0.25, 0.3) is 16.9 Å². The largest absolute Gasteiger partial charge is 0.385 e. The maximum Gasteiger partial charge on any atom is 0.328 e. The van der Waals surface area contributed by atoms with Crippen LogP contribution < -0.4 is 31.1 Å². The summed E-state index contributed by atoms with van der Waals surface area (Å²) in [6.07, 6.45) is 12.8. The molecule has 16 heteroatoms. The number of hydrogen-bond donors (Lipinski definition) is 3. The van der Waals surface area contributed by atoms with Crippen LogP contribution in [0.1, 0.15) is 77.8 Å². The van der Waals surface area contributed by atoms with Gasteiger partial charge in [-0.2, -0.15) is 0 Å². The maximum absolute atomic E-state index is 13.7. The molecule has 1 spiro atoms. The van der Waals surface area contributed by atoms with E-state index in [0.29, 0.717) is 47.4 Å². The number of pyridine rings is 1. The van der Waals surface area contributed by atoms with Crippen LogP contribution in [0.3, 0.4) is 0 Å². The second kappa shape index (κ2) is 16.1. The number of hydrogen-bond acceptors (Lipinski definition) is 10. The van der Waals surface area contributed by atoms with Gasteiger partial charge in [0.2, 0.25) is 5.91 Å². The Balaban J connectivity index is 0.00000148. The van der Waals surface area contributed by atoms with E-state index in [-0.39, 0.29) is 35.9 Å². The lowest BCUT2D eigenvalue weighted by Gasteiger charge is -2.47. The van der Waals surface area contributed by atoms with Crippen molar-refractivity contribution in [1.82, 2.24) is 29.8 Å². The first-order valence-corrected chi connectivity index (χ1v) is 21.2. The lowest BCUT2D eigenvalue weighted by Crippen LogP contribution is -2.50. The number of benzene rings is 2. The molecule has 7 heterocycles. The number of primary amides is 1. The van der Waals surface area contributed by atoms with Gasteiger partial charge < -0.3 is 25.8 Å². The summed E-state index contributed by atoms with van der Waals surface area (Å²) in [7, 11) is 1.81. The van der Waals surface area contributed by atoms with Crippen molar-refractivity contribution in [2.45, 2.75) is 57.8 Å². The van der Waals surface area contributed by atoms with E-state index in [1.807, 2.05) is 30.3 Å². The summed E-state index contributed by atoms with van der Waals surface area (Å²) in [5.74, 6) is -0.314. The van der Waals surface area contributed by atoms with Crippen LogP contribution in [0.5, 0.6) is 0 Å². The number of nitrogens with two attached hydrogens (primary N) is 1. The van der Waals surface area contributed by atoms with Crippen LogP contribution in [0, 0.1) is 5.41 Å². The van der Waals surface area contributed by atoms with Gasteiger partial charge in [0.05, 0.1) is 28.3 Å². The summed E-state index contributed by atoms with van der Waals surface area (Å²) in [5.41, 5.74) is 13.6. The molecule has 3 saturated heterocycles. The van der Waals surface area contributed by atoms with E-state index >= 15 is 0 Å². The van der Waals surface area contributed by atoms with Crippen molar-refractivity contribution in [3.63, 3.8) is 0 Å². The number of aromatic nitrogens is 4. The van der Waals surface area contributed by atoms with Crippen LogP contribution in [-0.4, -0.2) is 94.6 Å². The highest BCUT2D eigenvalue weighted by Gasteiger charge is 2.39. The molecule has 4 N–H and O–H groups in total. The molecule has 1 saturated carbocycles. The van der Waals surface area contributed by atoms with Gasteiger partial charge in [0.1, 0.15) is 5.69 Å². The first-order valence-electron chi connectivity index (χ1n) is 20.8. The second-order valence-corrected chi connectivity index (χ2v) is 16.7. The molecule has 0 radical (unpaired) electrons. The van der Waals surface area contributed by atoms with Gasteiger partial charge in [0.15, 0.2) is 11.5 Å². The fraction of sp³-hybridized carbons (Fsp3) is 0.386. The number of carbonyl (C=O) groups is 4. The van der Waals surface area contributed by atoms with Crippen LogP contribution >= 0.6 is 11.6 Å². The quantitative estimate of drug-likeness (QED) is 0.166. The van der Waals surface area contributed by atoms with Crippen molar-refractivity contribution in [1.29, 1.82) is 0 Å². The van der Waals surface area contributed by atoms with Crippen molar-refractivity contribution >= 4 is 69.6 Å². The minimum atomic E-state index is -0.594. The van der Waals surface area contributed by atoms with E-state index in [1.54, 1.807) is 18.2 Å². The Hall–Kier alpha value is -6.22. The van der Waals surface area contributed by atoms with Crippen LogP contribution in [-0.2, 0) is 11.2 Å². The molecule has 4 fully saturated rings. The Kier molecular flexibility index (Phi) is 10.5. The number of anilines is 5. The van der Waals surface area contributed by atoms with Gasteiger partial charge in [0, 0.05) is 87.5 Å². The van der Waals surface area contributed by atoms with Gasteiger partial charge >= 0.3 is 6.03 Å². The summed E-state index contributed by atoms with van der Waals surface area (Å²) >= 11 is 6.44. The molecule has 5 aliphatic rings. The zero-order chi connectivity index (χ0) is 41.5. The highest BCUT2D eigenvalue weighted by molar-refractivity contribution is 6.34. The van der Waals surface area contributed by atoms with E-state index in [9.17, 15) is 19.2 Å². The third kappa shape index (κ3) is 7.57. The Morgan fingerprint density at radius 3 is 2.32 bits per heavy atom. The molecule has 5 aromatic rings. The lowest BCUT2D eigenvalue weighted by atomic mass is 9.71. The molecule has 1 aliphatic carbocycles. The molecule has 10 rings (SSSR count). The first kappa shape index (κ1) is 39.3. The van der Waals surface area contributed by atoms with Crippen LogP contribution in [0.2, 0.25) is 5.02 Å². The van der Waals surface area contributed by atoms with Gasteiger partial charge in [-0.1, -0.05) is 43.0 Å². The Bertz CT molecular complexity index is 2500. The normalized spacial score (nSPS) is 18.2. The Morgan fingerprint density at radius 1 is 0.850 bits per heavy atom. The number of piperidine rings is 2. The fourth-order valence-electron chi connectivity index (χ4n) is 8.87. The minimum Gasteiger partial charge on any atom is -0.385 e. The van der Waals surface area contributed by atoms with Gasteiger partial charge in [-0.05, 0) is 79.5 Å². The van der Waals surface area contributed by atoms with Crippen molar-refractivity contribution in [2.24, 2.45) is 11.1 Å². The van der Waals surface area contributed by atoms with Crippen molar-refractivity contribution in [3.8, 4) is 11.3 Å². The number of nitrogens with zero attached hydrogens (tertiary/aromatic N) is 8. The van der Waals surface area contributed by atoms with Crippen molar-refractivity contribution in [2.75, 3.05) is 66.3 Å². The van der Waals surface area contributed by atoms with E-state index in [2.05, 4.69) is 49.7 Å². The molecule has 2 aromatic carbocycles. The number of halogens is 1. The molecule has 60 heavy (non-hydrogen) atoms. The number of amides is 5. The van der Waals surface area contributed by atoms with E-state index < -0.39 is 11.9 Å². The number of imide groups is 1. The number of urea groups is 1. The average molecular weight is 830 g/mol. The van der Waals surface area contributed by atoms with Gasteiger partial charge in [-0.25, -0.2) is 14.3 Å². The summed E-state index contributed by atoms with van der Waals surface area (Å²) in [5, 5.41) is 10.6. The highest BCUT2D eigenvalue weighted by atomic mass is 35.5. The van der Waals surface area contributed by atoms with E-state index in [1.165, 1.54) is 40.4 Å². The third-order valence-electron chi connectivity index (χ3n) is 12.5. The number of nitrogens with one attached hydrogen (secondary N) is 2. The smallest absolute Gasteiger partial charge is 0.328 e. The molecule has 0 atom stereocenters. The molecule has 15 nitrogen and oxygen atoms in total. The summed E-state index contributed by atoms with van der Waals surface area (Å²) in [6, 6.07) is 17.0. The minimum absolute atomic E-state index is 0.0796. The molecule has 310 valence electrons. The average Bonchev–Trinajstić information content (AvgIpc) is 3.98. The van der Waals surface area contributed by atoms with Gasteiger partial charge in [-0.15, -0.1) is 5.10 Å². The highest BCUT2D eigenvalue weighted by Crippen LogP contribution is 2.44. The van der Waals surface area contributed by atoms with Crippen molar-refractivity contribution < 1.29 is 19.2 Å². The molecule has 0 bridgehead atoms. The molecular weight excluding hydrogens is 782 g/mol. The second-order valence-electron chi connectivity index (χ2n) is 16.3. The van der Waals surface area contributed by atoms with Crippen LogP contribution in [0.15, 0.2) is 67.0 Å². The molecule has 5 amide bonds. The zero-order valence-electron chi connectivity index (χ0n) is 33.6.